The van der Waals surface area contributed by atoms with Crippen LogP contribution in [0.1, 0.15) is 58.3 Å². The Balaban J connectivity index is 0.792. The molecule has 5 N–H and O–H groups in total. The van der Waals surface area contributed by atoms with Gasteiger partial charge in [0.05, 0.1) is 22.2 Å². The van der Waals surface area contributed by atoms with Crippen LogP contribution in [0, 0.1) is 5.92 Å². The number of anilines is 1. The second kappa shape index (κ2) is 17.4. The van der Waals surface area contributed by atoms with Gasteiger partial charge in [-0.1, -0.05) is 54.6 Å². The number of benzene rings is 3. The fourth-order valence-electron chi connectivity index (χ4n) is 7.53. The van der Waals surface area contributed by atoms with Crippen molar-refractivity contribution in [3.63, 3.8) is 0 Å². The third kappa shape index (κ3) is 9.19. The number of phenolic OH excluding ortho intramolecular Hbond substituents is 1. The summed E-state index contributed by atoms with van der Waals surface area (Å²) in [5, 5.41) is 27.8. The van der Waals surface area contributed by atoms with E-state index in [1.165, 1.54) is 23.5 Å². The van der Waals surface area contributed by atoms with Gasteiger partial charge in [-0.05, 0) is 86.0 Å². The number of fused-ring (bicyclic) bond motifs is 1. The molecule has 0 saturated carbocycles. The van der Waals surface area contributed by atoms with E-state index in [0.29, 0.717) is 28.9 Å². The van der Waals surface area contributed by atoms with Crippen LogP contribution < -0.4 is 16.2 Å². The van der Waals surface area contributed by atoms with Gasteiger partial charge in [-0.3, -0.25) is 14.9 Å². The minimum absolute atomic E-state index is 0.0452. The van der Waals surface area contributed by atoms with Crippen LogP contribution in [0.5, 0.6) is 5.75 Å². The van der Waals surface area contributed by atoms with E-state index >= 15 is 0 Å². The molecule has 4 heterocycles. The molecule has 0 aliphatic carbocycles. The van der Waals surface area contributed by atoms with E-state index in [-0.39, 0.29) is 29.9 Å². The van der Waals surface area contributed by atoms with Gasteiger partial charge in [0.2, 0.25) is 5.56 Å². The van der Waals surface area contributed by atoms with Crippen LogP contribution in [0.2, 0.25) is 0 Å². The number of pyridine rings is 1. The summed E-state index contributed by atoms with van der Waals surface area (Å²) in [4.78, 5) is 46.6. The van der Waals surface area contributed by atoms with Crippen LogP contribution in [0.3, 0.4) is 0 Å². The Kier molecular flexibility index (Phi) is 12.0. The van der Waals surface area contributed by atoms with E-state index < -0.39 is 12.2 Å². The van der Waals surface area contributed by atoms with Gasteiger partial charge in [0, 0.05) is 61.2 Å². The number of hydrogen-bond donors (Lipinski definition) is 5. The summed E-state index contributed by atoms with van der Waals surface area (Å²) >= 11 is 1.47. The predicted octanol–water partition coefficient (Wildman–Crippen LogP) is 6.74. The normalized spacial score (nSPS) is 16.4. The molecule has 2 aromatic heterocycles. The Bertz CT molecular complexity index is 2100. The van der Waals surface area contributed by atoms with Crippen molar-refractivity contribution in [2.24, 2.45) is 5.92 Å². The molecule has 54 heavy (non-hydrogen) atoms. The molecule has 2 aliphatic heterocycles. The zero-order valence-electron chi connectivity index (χ0n) is 30.2. The lowest BCUT2D eigenvalue weighted by atomic mass is 9.93. The van der Waals surface area contributed by atoms with Gasteiger partial charge in [-0.2, -0.15) is 0 Å². The number of H-pyrrole nitrogens is 1. The first-order valence-electron chi connectivity index (χ1n) is 18.8. The molecule has 0 spiro atoms. The van der Waals surface area contributed by atoms with Crippen molar-refractivity contribution in [1.82, 2.24) is 20.1 Å². The van der Waals surface area contributed by atoms with Crippen LogP contribution in [0.15, 0.2) is 95.8 Å². The van der Waals surface area contributed by atoms with Gasteiger partial charge in [0.25, 0.3) is 5.91 Å². The molecule has 282 valence electrons. The van der Waals surface area contributed by atoms with Crippen LogP contribution >= 0.6 is 11.3 Å². The zero-order chi connectivity index (χ0) is 37.4. The molecule has 1 unspecified atom stereocenters. The summed E-state index contributed by atoms with van der Waals surface area (Å²) < 4.78 is 5.82. The van der Waals surface area contributed by atoms with Crippen molar-refractivity contribution in [1.29, 1.82) is 0 Å². The minimum atomic E-state index is -0.852. The molecular formula is C42H47N5O6S. The number of phenols is 1. The number of para-hydroxylation sites is 1. The number of aliphatic hydroxyl groups excluding tert-OH is 1. The SMILES string of the molecule is O=C(Nc1ccccc1-c1ccccc1)OC1CCN(CCC2CCN(C(=O)c3ccc(CNCC(O)c4ccc(O)c5[nH]c(=O)ccc45)s3)CC2)CC1. The molecule has 2 fully saturated rings. The van der Waals surface area contributed by atoms with E-state index in [1.807, 2.05) is 71.6 Å². The molecule has 2 saturated heterocycles. The fourth-order valence-corrected chi connectivity index (χ4v) is 8.47. The van der Waals surface area contributed by atoms with Crippen molar-refractivity contribution >= 4 is 39.9 Å². The monoisotopic (exact) mass is 749 g/mol. The van der Waals surface area contributed by atoms with Gasteiger partial charge in [0.15, 0.2) is 0 Å². The van der Waals surface area contributed by atoms with Crippen molar-refractivity contribution in [3.05, 3.63) is 117 Å². The van der Waals surface area contributed by atoms with E-state index in [1.54, 1.807) is 12.1 Å². The summed E-state index contributed by atoms with van der Waals surface area (Å²) in [5.74, 6) is 0.610. The number of thiophene rings is 1. The van der Waals surface area contributed by atoms with Crippen LogP contribution in [-0.4, -0.2) is 82.4 Å². The highest BCUT2D eigenvalue weighted by Crippen LogP contribution is 2.30. The van der Waals surface area contributed by atoms with Gasteiger partial charge in [-0.25, -0.2) is 4.79 Å². The first-order chi connectivity index (χ1) is 26.3. The Labute approximate surface area is 318 Å². The summed E-state index contributed by atoms with van der Waals surface area (Å²) in [6.07, 6.45) is 3.36. The third-order valence-corrected chi connectivity index (χ3v) is 11.7. The standard InChI is InChI=1S/C42H47N5O6S/c48-36-13-11-33(34-12-15-39(50)45-40(34)36)37(49)27-43-26-31-10-14-38(54-31)41(51)47-24-17-28(18-25-47)16-21-46-22-19-30(20-23-46)53-42(52)44-35-9-5-4-8-32(35)29-6-2-1-3-7-29/h1-15,28,30,37,43,48-49H,16-27H2,(H,44,52)(H,45,50). The second-order valence-electron chi connectivity index (χ2n) is 14.2. The maximum absolute atomic E-state index is 13.3. The highest BCUT2D eigenvalue weighted by Gasteiger charge is 2.27. The van der Waals surface area contributed by atoms with E-state index in [9.17, 15) is 24.6 Å². The predicted molar refractivity (Wildman–Crippen MR) is 212 cm³/mol. The number of carbonyl (C=O) groups is 2. The number of piperidine rings is 2. The number of aliphatic hydroxyl groups is 1. The maximum atomic E-state index is 13.3. The second-order valence-corrected chi connectivity index (χ2v) is 15.4. The number of aromatic hydroxyl groups is 1. The lowest BCUT2D eigenvalue weighted by Crippen LogP contribution is -2.41. The Morgan fingerprint density at radius 1 is 0.889 bits per heavy atom. The van der Waals surface area contributed by atoms with E-state index in [2.05, 4.69) is 20.5 Å². The highest BCUT2D eigenvalue weighted by atomic mass is 32.1. The number of nitrogens with one attached hydrogen (secondary N) is 3. The molecule has 5 aromatic rings. The number of ether oxygens (including phenoxy) is 1. The summed E-state index contributed by atoms with van der Waals surface area (Å²) in [6, 6.07) is 27.7. The molecule has 0 bridgehead atoms. The molecular weight excluding hydrogens is 703 g/mol. The van der Waals surface area contributed by atoms with Crippen molar-refractivity contribution in [2.45, 2.75) is 50.9 Å². The van der Waals surface area contributed by atoms with Crippen LogP contribution in [0.4, 0.5) is 10.5 Å². The Morgan fingerprint density at radius 3 is 2.44 bits per heavy atom. The lowest BCUT2D eigenvalue weighted by molar-refractivity contribution is 0.0548. The number of aromatic nitrogens is 1. The van der Waals surface area contributed by atoms with Gasteiger partial charge >= 0.3 is 6.09 Å². The number of nitrogens with zero attached hydrogens (tertiary/aromatic N) is 2. The molecule has 0 radical (unpaired) electrons. The first kappa shape index (κ1) is 37.3. The van der Waals surface area contributed by atoms with Gasteiger partial charge in [-0.15, -0.1) is 11.3 Å². The van der Waals surface area contributed by atoms with Crippen molar-refractivity contribution in [2.75, 3.05) is 44.6 Å². The summed E-state index contributed by atoms with van der Waals surface area (Å²) in [6.45, 7) is 5.10. The number of amides is 2. The lowest BCUT2D eigenvalue weighted by Gasteiger charge is -2.35. The first-order valence-corrected chi connectivity index (χ1v) is 19.6. The van der Waals surface area contributed by atoms with Gasteiger partial charge in [0.1, 0.15) is 11.9 Å². The third-order valence-electron chi connectivity index (χ3n) is 10.6. The van der Waals surface area contributed by atoms with Gasteiger partial charge < -0.3 is 35.1 Å². The average molecular weight is 750 g/mol. The Morgan fingerprint density at radius 2 is 1.65 bits per heavy atom. The molecule has 2 aliphatic rings. The number of hydrogen-bond acceptors (Lipinski definition) is 9. The topological polar surface area (TPSA) is 147 Å². The molecule has 12 heteroatoms. The molecule has 1 atom stereocenters. The van der Waals surface area contributed by atoms with Crippen molar-refractivity contribution < 1.29 is 24.5 Å². The fraction of sp³-hybridized carbons (Fsp3) is 0.357. The largest absolute Gasteiger partial charge is 0.506 e. The molecule has 3 aromatic carbocycles. The van der Waals surface area contributed by atoms with E-state index in [4.69, 9.17) is 4.74 Å². The highest BCUT2D eigenvalue weighted by molar-refractivity contribution is 7.14. The smallest absolute Gasteiger partial charge is 0.411 e. The number of aromatic amines is 1. The quantitative estimate of drug-likeness (QED) is 0.0943. The summed E-state index contributed by atoms with van der Waals surface area (Å²) in [5.41, 5.74) is 3.33. The Hall–Kier alpha value is -5.01. The molecule has 7 rings (SSSR count). The summed E-state index contributed by atoms with van der Waals surface area (Å²) in [7, 11) is 0. The maximum Gasteiger partial charge on any atom is 0.411 e. The minimum Gasteiger partial charge on any atom is -0.506 e. The van der Waals surface area contributed by atoms with E-state index in [0.717, 1.165) is 91.4 Å². The van der Waals surface area contributed by atoms with Crippen LogP contribution in [-0.2, 0) is 11.3 Å². The average Bonchev–Trinajstić information content (AvgIpc) is 3.67. The number of carbonyl (C=O) groups excluding carboxylic acids is 2. The molecule has 2 amide bonds. The molecule has 11 nitrogen and oxygen atoms in total. The van der Waals surface area contributed by atoms with Crippen LogP contribution in [0.25, 0.3) is 22.0 Å². The number of rotatable bonds is 12. The number of likely N-dealkylation sites (tertiary alicyclic amines) is 2. The van der Waals surface area contributed by atoms with Crippen molar-refractivity contribution in [3.8, 4) is 16.9 Å². The zero-order valence-corrected chi connectivity index (χ0v) is 31.0.